The summed E-state index contributed by atoms with van der Waals surface area (Å²) in [7, 11) is 1.76. The Kier molecular flexibility index (Phi) is 3.37. The average molecular weight is 306 g/mol. The fraction of sp³-hybridized carbons (Fsp3) is 0.333. The van der Waals surface area contributed by atoms with E-state index in [1.54, 1.807) is 35.0 Å². The first-order chi connectivity index (χ1) is 9.95. The van der Waals surface area contributed by atoms with Gasteiger partial charge in [-0.05, 0) is 25.1 Å². The number of H-pyrrole nitrogens is 1. The molecular weight excluding hydrogens is 290 g/mol. The van der Waals surface area contributed by atoms with Crippen molar-refractivity contribution in [3.8, 4) is 0 Å². The number of aromatic amines is 1. The second-order valence-corrected chi connectivity index (χ2v) is 5.89. The van der Waals surface area contributed by atoms with E-state index in [9.17, 15) is 9.59 Å². The lowest BCUT2D eigenvalue weighted by Crippen LogP contribution is -2.55. The number of fused-ring (bicyclic) bond motifs is 1. The van der Waals surface area contributed by atoms with E-state index >= 15 is 0 Å². The summed E-state index contributed by atoms with van der Waals surface area (Å²) in [6.07, 6.45) is 0. The largest absolute Gasteiger partial charge is 0.350 e. The van der Waals surface area contributed by atoms with Gasteiger partial charge in [-0.3, -0.25) is 9.59 Å². The molecule has 1 aromatic heterocycles. The third-order valence-electron chi connectivity index (χ3n) is 3.97. The first kappa shape index (κ1) is 13.9. The Bertz CT molecular complexity index is 725. The van der Waals surface area contributed by atoms with Gasteiger partial charge in [0.1, 0.15) is 12.2 Å². The molecule has 0 aliphatic carbocycles. The van der Waals surface area contributed by atoms with Crippen molar-refractivity contribution in [1.29, 1.82) is 0 Å². The first-order valence-electron chi connectivity index (χ1n) is 6.79. The lowest BCUT2D eigenvalue weighted by atomic mass is 10.2. The third-order valence-corrected chi connectivity index (χ3v) is 4.20. The molecular formula is C15H16ClN3O2. The predicted molar refractivity (Wildman–Crippen MR) is 81.4 cm³/mol. The SMILES string of the molecule is CC1CN(C(=O)c2cc3ccc(Cl)cc3[nH]2)CC(=O)N1C. The fourth-order valence-corrected chi connectivity index (χ4v) is 2.74. The first-order valence-corrected chi connectivity index (χ1v) is 7.16. The van der Waals surface area contributed by atoms with E-state index in [-0.39, 0.29) is 24.4 Å². The molecule has 1 fully saturated rings. The number of rotatable bonds is 1. The van der Waals surface area contributed by atoms with Gasteiger partial charge in [-0.25, -0.2) is 0 Å². The van der Waals surface area contributed by atoms with E-state index in [1.807, 2.05) is 13.0 Å². The summed E-state index contributed by atoms with van der Waals surface area (Å²) in [6, 6.07) is 7.25. The minimum Gasteiger partial charge on any atom is -0.350 e. The highest BCUT2D eigenvalue weighted by atomic mass is 35.5. The minimum absolute atomic E-state index is 0.0222. The number of aromatic nitrogens is 1. The van der Waals surface area contributed by atoms with Crippen molar-refractivity contribution in [2.75, 3.05) is 20.1 Å². The molecule has 1 saturated heterocycles. The van der Waals surface area contributed by atoms with Crippen LogP contribution in [0.2, 0.25) is 5.02 Å². The van der Waals surface area contributed by atoms with Gasteiger partial charge in [-0.15, -0.1) is 0 Å². The van der Waals surface area contributed by atoms with Crippen LogP contribution in [0.3, 0.4) is 0 Å². The topological polar surface area (TPSA) is 56.4 Å². The van der Waals surface area contributed by atoms with Gasteiger partial charge in [0, 0.05) is 35.6 Å². The second kappa shape index (κ2) is 5.07. The van der Waals surface area contributed by atoms with Gasteiger partial charge in [0.2, 0.25) is 5.91 Å². The van der Waals surface area contributed by atoms with Gasteiger partial charge in [0.15, 0.2) is 0 Å². The number of nitrogens with one attached hydrogen (secondary N) is 1. The van der Waals surface area contributed by atoms with Crippen LogP contribution in [0.4, 0.5) is 0 Å². The number of amides is 2. The zero-order chi connectivity index (χ0) is 15.1. The molecule has 2 heterocycles. The lowest BCUT2D eigenvalue weighted by Gasteiger charge is -2.37. The smallest absolute Gasteiger partial charge is 0.270 e. The molecule has 1 atom stereocenters. The standard InChI is InChI=1S/C15H16ClN3O2/c1-9-7-19(8-14(20)18(9)2)15(21)13-5-10-3-4-11(16)6-12(10)17-13/h3-6,9,17H,7-8H2,1-2H3. The maximum atomic E-state index is 12.5. The molecule has 0 spiro atoms. The molecule has 1 aliphatic rings. The molecule has 0 bridgehead atoms. The van der Waals surface area contributed by atoms with Gasteiger partial charge in [-0.2, -0.15) is 0 Å². The molecule has 1 N–H and O–H groups in total. The van der Waals surface area contributed by atoms with Crippen molar-refractivity contribution >= 4 is 34.3 Å². The number of carbonyl (C=O) groups excluding carboxylic acids is 2. The van der Waals surface area contributed by atoms with Gasteiger partial charge in [0.25, 0.3) is 5.91 Å². The highest BCUT2D eigenvalue weighted by Crippen LogP contribution is 2.21. The van der Waals surface area contributed by atoms with Crippen LogP contribution in [0.15, 0.2) is 24.3 Å². The molecule has 6 heteroatoms. The zero-order valence-electron chi connectivity index (χ0n) is 11.9. The summed E-state index contributed by atoms with van der Waals surface area (Å²) in [5.41, 5.74) is 1.30. The van der Waals surface area contributed by atoms with E-state index in [0.717, 1.165) is 10.9 Å². The van der Waals surface area contributed by atoms with E-state index in [2.05, 4.69) is 4.98 Å². The highest BCUT2D eigenvalue weighted by Gasteiger charge is 2.30. The van der Waals surface area contributed by atoms with Crippen LogP contribution in [0.1, 0.15) is 17.4 Å². The summed E-state index contributed by atoms with van der Waals surface area (Å²) < 4.78 is 0. The zero-order valence-corrected chi connectivity index (χ0v) is 12.6. The maximum Gasteiger partial charge on any atom is 0.270 e. The predicted octanol–water partition coefficient (Wildman–Crippen LogP) is 2.12. The number of hydrogen-bond acceptors (Lipinski definition) is 2. The molecule has 1 aromatic carbocycles. The van der Waals surface area contributed by atoms with Crippen LogP contribution >= 0.6 is 11.6 Å². The summed E-state index contributed by atoms with van der Waals surface area (Å²) in [5, 5.41) is 1.54. The normalized spacial score (nSPS) is 19.4. The number of carbonyl (C=O) groups is 2. The maximum absolute atomic E-state index is 12.5. The average Bonchev–Trinajstić information content (AvgIpc) is 2.86. The number of nitrogens with zero attached hydrogens (tertiary/aromatic N) is 2. The molecule has 0 saturated carbocycles. The summed E-state index contributed by atoms with van der Waals surface area (Å²) in [6.45, 7) is 2.59. The lowest BCUT2D eigenvalue weighted by molar-refractivity contribution is -0.136. The van der Waals surface area contributed by atoms with Crippen molar-refractivity contribution < 1.29 is 9.59 Å². The molecule has 110 valence electrons. The quantitative estimate of drug-likeness (QED) is 0.877. The van der Waals surface area contributed by atoms with E-state index in [0.29, 0.717) is 17.3 Å². The van der Waals surface area contributed by atoms with Gasteiger partial charge in [0.05, 0.1) is 0 Å². The van der Waals surface area contributed by atoms with Gasteiger partial charge in [-0.1, -0.05) is 17.7 Å². The van der Waals surface area contributed by atoms with E-state index < -0.39 is 0 Å². The molecule has 0 radical (unpaired) electrons. The third kappa shape index (κ3) is 2.49. The van der Waals surface area contributed by atoms with E-state index in [4.69, 9.17) is 11.6 Å². The van der Waals surface area contributed by atoms with Crippen LogP contribution in [0.5, 0.6) is 0 Å². The fourth-order valence-electron chi connectivity index (χ4n) is 2.57. The van der Waals surface area contributed by atoms with Crippen molar-refractivity contribution in [2.24, 2.45) is 0 Å². The van der Waals surface area contributed by atoms with Crippen LogP contribution in [-0.2, 0) is 4.79 Å². The van der Waals surface area contributed by atoms with E-state index in [1.165, 1.54) is 0 Å². The number of likely N-dealkylation sites (N-methyl/N-ethyl adjacent to an activating group) is 1. The molecule has 5 nitrogen and oxygen atoms in total. The Hall–Kier alpha value is -2.01. The van der Waals surface area contributed by atoms with Gasteiger partial charge >= 0.3 is 0 Å². The molecule has 21 heavy (non-hydrogen) atoms. The molecule has 2 amide bonds. The Morgan fingerprint density at radius 3 is 2.86 bits per heavy atom. The highest BCUT2D eigenvalue weighted by molar-refractivity contribution is 6.31. The number of halogens is 1. The van der Waals surface area contributed by atoms with Crippen molar-refractivity contribution in [3.05, 3.63) is 35.0 Å². The number of benzene rings is 1. The van der Waals surface area contributed by atoms with Gasteiger partial charge < -0.3 is 14.8 Å². The molecule has 1 aliphatic heterocycles. The van der Waals surface area contributed by atoms with Crippen molar-refractivity contribution in [1.82, 2.24) is 14.8 Å². The number of piperazine rings is 1. The van der Waals surface area contributed by atoms with Crippen LogP contribution in [-0.4, -0.2) is 52.8 Å². The summed E-state index contributed by atoms with van der Waals surface area (Å²) in [4.78, 5) is 30.7. The summed E-state index contributed by atoms with van der Waals surface area (Å²) >= 11 is 5.94. The summed E-state index contributed by atoms with van der Waals surface area (Å²) in [5.74, 6) is -0.197. The van der Waals surface area contributed by atoms with Crippen molar-refractivity contribution in [3.63, 3.8) is 0 Å². The van der Waals surface area contributed by atoms with Crippen molar-refractivity contribution in [2.45, 2.75) is 13.0 Å². The number of hydrogen-bond donors (Lipinski definition) is 1. The molecule has 3 rings (SSSR count). The molecule has 2 aromatic rings. The minimum atomic E-state index is -0.157. The van der Waals surface area contributed by atoms with Crippen LogP contribution < -0.4 is 0 Å². The molecule has 1 unspecified atom stereocenters. The Labute approximate surface area is 127 Å². The van der Waals surface area contributed by atoms with Crippen LogP contribution in [0, 0.1) is 0 Å². The Morgan fingerprint density at radius 1 is 1.38 bits per heavy atom. The Balaban J connectivity index is 1.88. The Morgan fingerprint density at radius 2 is 2.14 bits per heavy atom. The monoisotopic (exact) mass is 305 g/mol. The van der Waals surface area contributed by atoms with Crippen LogP contribution in [0.25, 0.3) is 10.9 Å². The second-order valence-electron chi connectivity index (χ2n) is 5.45.